The molecule has 0 saturated heterocycles. The Balaban J connectivity index is 2.49. The highest BCUT2D eigenvalue weighted by Crippen LogP contribution is 2.34. The van der Waals surface area contributed by atoms with Crippen molar-refractivity contribution in [3.63, 3.8) is 0 Å². The molecule has 0 saturated carbocycles. The molecule has 1 aromatic heterocycles. The van der Waals surface area contributed by atoms with Gasteiger partial charge >= 0.3 is 5.97 Å². The maximum atomic E-state index is 10.5. The van der Waals surface area contributed by atoms with Crippen molar-refractivity contribution in [1.29, 1.82) is 0 Å². The average Bonchev–Trinajstić information content (AvgIpc) is 2.28. The second-order valence-electron chi connectivity index (χ2n) is 3.58. The molecule has 2 aromatic rings. The smallest absolute Gasteiger partial charge is 0.341 e. The maximum Gasteiger partial charge on any atom is 0.341 e. The van der Waals surface area contributed by atoms with Gasteiger partial charge in [-0.1, -0.05) is 0 Å². The van der Waals surface area contributed by atoms with Crippen LogP contribution in [0.4, 0.5) is 0 Å². The number of ether oxygens (including phenoxy) is 1. The van der Waals surface area contributed by atoms with Gasteiger partial charge in [-0.3, -0.25) is 4.98 Å². The van der Waals surface area contributed by atoms with Crippen LogP contribution in [0.1, 0.15) is 5.56 Å². The van der Waals surface area contributed by atoms with Crippen LogP contribution in [0.2, 0.25) is 0 Å². The van der Waals surface area contributed by atoms with E-state index in [9.17, 15) is 4.79 Å². The first-order chi connectivity index (χ1) is 8.09. The van der Waals surface area contributed by atoms with Crippen molar-refractivity contribution in [2.75, 3.05) is 6.61 Å². The number of rotatable bonds is 3. The fourth-order valence-electron chi connectivity index (χ4n) is 1.59. The van der Waals surface area contributed by atoms with E-state index in [0.29, 0.717) is 5.75 Å². The molecule has 0 radical (unpaired) electrons. The van der Waals surface area contributed by atoms with Gasteiger partial charge < -0.3 is 9.84 Å². The summed E-state index contributed by atoms with van der Waals surface area (Å²) < 4.78 is 5.92. The number of aliphatic carboxylic acids is 1. The highest BCUT2D eigenvalue weighted by atomic mass is 79.9. The highest BCUT2D eigenvalue weighted by Gasteiger charge is 2.10. The molecule has 1 aromatic carbocycles. The maximum absolute atomic E-state index is 10.5. The number of halogens is 1. The molecular weight excluding hydrogens is 286 g/mol. The van der Waals surface area contributed by atoms with Gasteiger partial charge in [0.05, 0.1) is 9.99 Å². The fourth-order valence-corrected chi connectivity index (χ4v) is 2.36. The van der Waals surface area contributed by atoms with E-state index < -0.39 is 5.97 Å². The number of aryl methyl sites for hydroxylation is 1. The third-order valence-electron chi connectivity index (χ3n) is 2.37. The van der Waals surface area contributed by atoms with Gasteiger partial charge in [-0.25, -0.2) is 4.79 Å². The number of carboxylic acids is 1. The topological polar surface area (TPSA) is 59.4 Å². The lowest BCUT2D eigenvalue weighted by atomic mass is 10.1. The summed E-state index contributed by atoms with van der Waals surface area (Å²) in [6, 6.07) is 5.42. The molecule has 5 heteroatoms. The predicted molar refractivity (Wildman–Crippen MR) is 67.3 cm³/mol. The van der Waals surface area contributed by atoms with E-state index in [1.807, 2.05) is 19.1 Å². The molecule has 0 aliphatic heterocycles. The fraction of sp³-hybridized carbons (Fsp3) is 0.167. The Hall–Kier alpha value is -1.62. The highest BCUT2D eigenvalue weighted by molar-refractivity contribution is 9.10. The largest absolute Gasteiger partial charge is 0.481 e. The van der Waals surface area contributed by atoms with Crippen LogP contribution < -0.4 is 4.74 Å². The molecule has 0 fully saturated rings. The minimum atomic E-state index is -1.00. The number of nitrogens with zero attached hydrogens (tertiary/aromatic N) is 1. The van der Waals surface area contributed by atoms with Crippen molar-refractivity contribution in [3.8, 4) is 5.75 Å². The van der Waals surface area contributed by atoms with Crippen LogP contribution in [0.5, 0.6) is 5.75 Å². The van der Waals surface area contributed by atoms with E-state index in [1.165, 1.54) is 0 Å². The van der Waals surface area contributed by atoms with Gasteiger partial charge in [-0.15, -0.1) is 0 Å². The zero-order valence-electron chi connectivity index (χ0n) is 9.11. The van der Waals surface area contributed by atoms with Crippen molar-refractivity contribution < 1.29 is 14.6 Å². The normalized spacial score (nSPS) is 10.5. The number of hydrogen-bond acceptors (Lipinski definition) is 3. The minimum absolute atomic E-state index is 0.358. The average molecular weight is 296 g/mol. The summed E-state index contributed by atoms with van der Waals surface area (Å²) in [5.74, 6) is -0.490. The summed E-state index contributed by atoms with van der Waals surface area (Å²) in [6.45, 7) is 1.61. The quantitative estimate of drug-likeness (QED) is 0.946. The van der Waals surface area contributed by atoms with Gasteiger partial charge in [0.2, 0.25) is 0 Å². The van der Waals surface area contributed by atoms with Crippen molar-refractivity contribution >= 4 is 32.8 Å². The summed E-state index contributed by atoms with van der Waals surface area (Å²) in [4.78, 5) is 14.7. The van der Waals surface area contributed by atoms with Crippen molar-refractivity contribution in [3.05, 3.63) is 34.4 Å². The minimum Gasteiger partial charge on any atom is -0.481 e. The first kappa shape index (κ1) is 11.9. The van der Waals surface area contributed by atoms with E-state index in [1.54, 1.807) is 12.3 Å². The molecule has 0 atom stereocenters. The number of aromatic nitrogens is 1. The molecule has 0 spiro atoms. The Kier molecular flexibility index (Phi) is 3.28. The molecule has 88 valence electrons. The predicted octanol–water partition coefficient (Wildman–Crippen LogP) is 2.77. The van der Waals surface area contributed by atoms with Crippen LogP contribution in [-0.2, 0) is 4.79 Å². The Morgan fingerprint density at radius 1 is 1.47 bits per heavy atom. The molecule has 0 unspecified atom stereocenters. The van der Waals surface area contributed by atoms with E-state index in [2.05, 4.69) is 20.9 Å². The molecule has 4 nitrogen and oxygen atoms in total. The standard InChI is InChI=1S/C12H10BrNO3/c1-7-4-5-14-8-2-3-9(12(13)11(7)8)17-6-10(15)16/h2-5H,6H2,1H3,(H,15,16). The number of benzene rings is 1. The zero-order chi connectivity index (χ0) is 12.4. The summed E-state index contributed by atoms with van der Waals surface area (Å²) in [5.41, 5.74) is 1.90. The van der Waals surface area contributed by atoms with E-state index in [4.69, 9.17) is 9.84 Å². The van der Waals surface area contributed by atoms with E-state index in [-0.39, 0.29) is 6.61 Å². The van der Waals surface area contributed by atoms with Crippen LogP contribution in [0.15, 0.2) is 28.9 Å². The van der Waals surface area contributed by atoms with Crippen LogP contribution in [-0.4, -0.2) is 22.7 Å². The van der Waals surface area contributed by atoms with Crippen LogP contribution in [0.25, 0.3) is 10.9 Å². The Labute approximate surface area is 106 Å². The third kappa shape index (κ3) is 2.39. The molecule has 0 aliphatic carbocycles. The molecule has 0 amide bonds. The van der Waals surface area contributed by atoms with Gasteiger partial charge in [0.15, 0.2) is 6.61 Å². The molecule has 1 N–H and O–H groups in total. The Bertz CT molecular complexity index is 583. The molecule has 17 heavy (non-hydrogen) atoms. The molecular formula is C12H10BrNO3. The van der Waals surface area contributed by atoms with Crippen molar-refractivity contribution in [2.45, 2.75) is 6.92 Å². The lowest BCUT2D eigenvalue weighted by molar-refractivity contribution is -0.139. The third-order valence-corrected chi connectivity index (χ3v) is 3.16. The first-order valence-corrected chi connectivity index (χ1v) is 5.77. The van der Waals surface area contributed by atoms with Crippen molar-refractivity contribution in [2.24, 2.45) is 0 Å². The molecule has 1 heterocycles. The number of fused-ring (bicyclic) bond motifs is 1. The number of carboxylic acid groups (broad SMARTS) is 1. The lowest BCUT2D eigenvalue weighted by Gasteiger charge is -2.09. The molecule has 0 aliphatic rings. The number of carbonyl (C=O) groups is 1. The summed E-state index contributed by atoms with van der Waals surface area (Å²) in [5, 5.41) is 9.52. The second kappa shape index (κ2) is 4.71. The lowest BCUT2D eigenvalue weighted by Crippen LogP contribution is -2.09. The second-order valence-corrected chi connectivity index (χ2v) is 4.38. The van der Waals surface area contributed by atoms with Gasteiger partial charge in [-0.2, -0.15) is 0 Å². The van der Waals surface area contributed by atoms with Crippen LogP contribution >= 0.6 is 15.9 Å². The van der Waals surface area contributed by atoms with Crippen LogP contribution in [0.3, 0.4) is 0 Å². The Morgan fingerprint density at radius 2 is 2.24 bits per heavy atom. The van der Waals surface area contributed by atoms with Gasteiger partial charge in [0.1, 0.15) is 5.75 Å². The van der Waals surface area contributed by atoms with E-state index >= 15 is 0 Å². The number of pyridine rings is 1. The first-order valence-electron chi connectivity index (χ1n) is 4.98. The summed E-state index contributed by atoms with van der Waals surface area (Å²) in [7, 11) is 0. The van der Waals surface area contributed by atoms with E-state index in [0.717, 1.165) is 20.9 Å². The molecule has 0 bridgehead atoms. The number of hydrogen-bond donors (Lipinski definition) is 1. The zero-order valence-corrected chi connectivity index (χ0v) is 10.7. The van der Waals surface area contributed by atoms with Gasteiger partial charge in [-0.05, 0) is 46.6 Å². The summed E-state index contributed by atoms with van der Waals surface area (Å²) >= 11 is 3.42. The summed E-state index contributed by atoms with van der Waals surface area (Å²) in [6.07, 6.45) is 1.74. The van der Waals surface area contributed by atoms with Crippen molar-refractivity contribution in [1.82, 2.24) is 4.98 Å². The van der Waals surface area contributed by atoms with Gasteiger partial charge in [0, 0.05) is 11.6 Å². The molecule has 2 rings (SSSR count). The monoisotopic (exact) mass is 295 g/mol. The van der Waals surface area contributed by atoms with Crippen LogP contribution in [0, 0.1) is 6.92 Å². The SMILES string of the molecule is Cc1ccnc2ccc(OCC(=O)O)c(Br)c12. The Morgan fingerprint density at radius 3 is 2.94 bits per heavy atom. The van der Waals surface area contributed by atoms with Gasteiger partial charge in [0.25, 0.3) is 0 Å².